The number of rotatable bonds is 12. The normalized spacial score (nSPS) is 11.4. The molecule has 1 nitrogen and oxygen atoms in total. The maximum atomic E-state index is 6.08. The number of thiophene rings is 3. The highest BCUT2D eigenvalue weighted by Gasteiger charge is 2.21. The average molecular weight is 432 g/mol. The quantitative estimate of drug-likeness (QED) is 0.284. The number of hydrogen-bond donors (Lipinski definition) is 1. The summed E-state index contributed by atoms with van der Waals surface area (Å²) in [6.45, 7) is 4.58. The maximum absolute atomic E-state index is 6.08. The van der Waals surface area contributed by atoms with E-state index >= 15 is 0 Å². The maximum Gasteiger partial charge on any atom is 0.0863 e. The minimum Gasteiger partial charge on any atom is -0.391 e. The van der Waals surface area contributed by atoms with Crippen LogP contribution in [0.15, 0.2) is 29.6 Å². The van der Waals surface area contributed by atoms with Crippen LogP contribution in [0.4, 0.5) is 5.00 Å². The minimum atomic E-state index is 0.919. The van der Waals surface area contributed by atoms with E-state index in [1.54, 1.807) is 22.5 Å². The van der Waals surface area contributed by atoms with E-state index in [-0.39, 0.29) is 0 Å². The monoisotopic (exact) mass is 431 g/mol. The standard InChI is InChI=1S/C24H33NS3/c1-3-5-7-9-12-18-19(13-10-8-6-4-2)24(21-15-16-22(25)27-21)28-23(18)20-14-11-17-26-20/h11,14-17H,3-10,12-13,25H2,1-2H3. The molecule has 0 spiro atoms. The summed E-state index contributed by atoms with van der Waals surface area (Å²) >= 11 is 5.62. The van der Waals surface area contributed by atoms with Crippen molar-refractivity contribution in [2.45, 2.75) is 78.1 Å². The molecule has 0 radical (unpaired) electrons. The second-order valence-corrected chi connectivity index (χ2v) is 10.6. The van der Waals surface area contributed by atoms with Crippen molar-refractivity contribution in [2.24, 2.45) is 0 Å². The molecule has 0 aromatic carbocycles. The average Bonchev–Trinajstić information content (AvgIpc) is 3.42. The summed E-state index contributed by atoms with van der Waals surface area (Å²) in [6.07, 6.45) is 13.0. The van der Waals surface area contributed by atoms with E-state index in [0.717, 1.165) is 5.00 Å². The first kappa shape index (κ1) is 21.6. The smallest absolute Gasteiger partial charge is 0.0863 e. The Hall–Kier alpha value is -1.10. The zero-order chi connectivity index (χ0) is 19.8. The van der Waals surface area contributed by atoms with Crippen LogP contribution in [0.1, 0.15) is 76.3 Å². The molecule has 0 aliphatic carbocycles. The van der Waals surface area contributed by atoms with Crippen molar-refractivity contribution in [3.63, 3.8) is 0 Å². The molecule has 0 bridgehead atoms. The van der Waals surface area contributed by atoms with Crippen LogP contribution in [0.25, 0.3) is 19.5 Å². The molecule has 3 heterocycles. The predicted octanol–water partition coefficient (Wildman–Crippen LogP) is 9.03. The van der Waals surface area contributed by atoms with Crippen molar-refractivity contribution in [3.8, 4) is 19.5 Å². The van der Waals surface area contributed by atoms with Crippen LogP contribution < -0.4 is 5.73 Å². The van der Waals surface area contributed by atoms with Gasteiger partial charge in [-0.3, -0.25) is 0 Å². The number of nitrogens with two attached hydrogens (primary N) is 1. The van der Waals surface area contributed by atoms with Crippen LogP contribution in [0.3, 0.4) is 0 Å². The van der Waals surface area contributed by atoms with Gasteiger partial charge in [0.1, 0.15) is 0 Å². The lowest BCUT2D eigenvalue weighted by molar-refractivity contribution is 0.653. The van der Waals surface area contributed by atoms with Gasteiger partial charge in [-0.15, -0.1) is 34.0 Å². The lowest BCUT2D eigenvalue weighted by atomic mass is 9.96. The SMILES string of the molecule is CCCCCCc1c(-c2cccs2)sc(-c2ccc(N)s2)c1CCCCCC. The molecule has 2 N–H and O–H groups in total. The third-order valence-electron chi connectivity index (χ3n) is 5.27. The molecule has 4 heteroatoms. The fourth-order valence-electron chi connectivity index (χ4n) is 3.77. The van der Waals surface area contributed by atoms with Gasteiger partial charge in [0, 0.05) is 19.5 Å². The predicted molar refractivity (Wildman–Crippen MR) is 131 cm³/mol. The van der Waals surface area contributed by atoms with Gasteiger partial charge in [0.25, 0.3) is 0 Å². The molecule has 0 aliphatic rings. The Bertz CT molecular complexity index is 826. The summed E-state index contributed by atoms with van der Waals surface area (Å²) in [5.74, 6) is 0. The van der Waals surface area contributed by atoms with Crippen LogP contribution in [-0.4, -0.2) is 0 Å². The van der Waals surface area contributed by atoms with Crippen LogP contribution in [-0.2, 0) is 12.8 Å². The van der Waals surface area contributed by atoms with Gasteiger partial charge in [0.2, 0.25) is 0 Å². The minimum absolute atomic E-state index is 0.919. The van der Waals surface area contributed by atoms with Gasteiger partial charge in [-0.1, -0.05) is 58.4 Å². The highest BCUT2D eigenvalue weighted by atomic mass is 32.1. The molecular formula is C24H33NS3. The number of anilines is 1. The van der Waals surface area contributed by atoms with E-state index < -0.39 is 0 Å². The molecule has 0 saturated heterocycles. The Kier molecular flexibility index (Phi) is 8.63. The van der Waals surface area contributed by atoms with E-state index in [4.69, 9.17) is 5.73 Å². The van der Waals surface area contributed by atoms with Crippen molar-refractivity contribution in [3.05, 3.63) is 40.8 Å². The molecular weight excluding hydrogens is 398 g/mol. The first-order valence-electron chi connectivity index (χ1n) is 10.8. The van der Waals surface area contributed by atoms with Crippen molar-refractivity contribution in [1.82, 2.24) is 0 Å². The summed E-state index contributed by atoms with van der Waals surface area (Å²) in [4.78, 5) is 5.78. The second kappa shape index (κ2) is 11.2. The fraction of sp³-hybridized carbons (Fsp3) is 0.500. The molecule has 152 valence electrons. The van der Waals surface area contributed by atoms with Crippen molar-refractivity contribution in [2.75, 3.05) is 5.73 Å². The van der Waals surface area contributed by atoms with E-state index in [9.17, 15) is 0 Å². The third kappa shape index (κ3) is 5.49. The van der Waals surface area contributed by atoms with Gasteiger partial charge in [-0.2, -0.15) is 0 Å². The highest BCUT2D eigenvalue weighted by Crippen LogP contribution is 2.47. The second-order valence-electron chi connectivity index (χ2n) is 7.52. The van der Waals surface area contributed by atoms with E-state index in [1.165, 1.54) is 83.7 Å². The summed E-state index contributed by atoms with van der Waals surface area (Å²) in [6, 6.07) is 8.76. The van der Waals surface area contributed by atoms with Crippen LogP contribution in [0.2, 0.25) is 0 Å². The van der Waals surface area contributed by atoms with Crippen LogP contribution in [0.5, 0.6) is 0 Å². The van der Waals surface area contributed by atoms with Crippen LogP contribution in [0, 0.1) is 0 Å². The van der Waals surface area contributed by atoms with Gasteiger partial charge in [0.05, 0.1) is 5.00 Å². The van der Waals surface area contributed by atoms with Crippen LogP contribution >= 0.6 is 34.0 Å². The van der Waals surface area contributed by atoms with Gasteiger partial charge in [-0.05, 0) is 60.4 Å². The molecule has 0 saturated carbocycles. The van der Waals surface area contributed by atoms with Gasteiger partial charge >= 0.3 is 0 Å². The summed E-state index contributed by atoms with van der Waals surface area (Å²) < 4.78 is 0. The number of unbranched alkanes of at least 4 members (excludes halogenated alkanes) is 6. The van der Waals surface area contributed by atoms with Gasteiger partial charge in [-0.25, -0.2) is 0 Å². The lowest BCUT2D eigenvalue weighted by Gasteiger charge is -2.09. The fourth-order valence-corrected chi connectivity index (χ4v) is 6.96. The first-order chi connectivity index (χ1) is 13.7. The van der Waals surface area contributed by atoms with E-state index in [0.29, 0.717) is 0 Å². The zero-order valence-corrected chi connectivity index (χ0v) is 19.7. The lowest BCUT2D eigenvalue weighted by Crippen LogP contribution is -1.95. The molecule has 0 unspecified atom stereocenters. The topological polar surface area (TPSA) is 26.0 Å². The highest BCUT2D eigenvalue weighted by molar-refractivity contribution is 7.27. The molecule has 0 atom stereocenters. The van der Waals surface area contributed by atoms with E-state index in [1.807, 2.05) is 22.7 Å². The first-order valence-corrected chi connectivity index (χ1v) is 13.3. The van der Waals surface area contributed by atoms with Crippen molar-refractivity contribution < 1.29 is 0 Å². The Morgan fingerprint density at radius 1 is 0.714 bits per heavy atom. The van der Waals surface area contributed by atoms with Crippen molar-refractivity contribution >= 4 is 39.0 Å². The molecule has 0 aliphatic heterocycles. The Labute approximate surface area is 182 Å². The molecule has 3 aromatic rings. The van der Waals surface area contributed by atoms with Crippen molar-refractivity contribution in [1.29, 1.82) is 0 Å². The molecule has 3 aromatic heterocycles. The summed E-state index contributed by atoms with van der Waals surface area (Å²) in [5.41, 5.74) is 9.32. The molecule has 3 rings (SSSR count). The largest absolute Gasteiger partial charge is 0.391 e. The number of nitrogen functional groups attached to an aromatic ring is 1. The molecule has 0 amide bonds. The Morgan fingerprint density at radius 2 is 1.36 bits per heavy atom. The summed E-state index contributed by atoms with van der Waals surface area (Å²) in [7, 11) is 0. The zero-order valence-electron chi connectivity index (χ0n) is 17.3. The Balaban J connectivity index is 1.96. The third-order valence-corrected chi connectivity index (χ3v) is 8.69. The Morgan fingerprint density at radius 3 is 1.86 bits per heavy atom. The summed E-state index contributed by atoms with van der Waals surface area (Å²) in [5, 5.41) is 3.13. The molecule has 0 fully saturated rings. The van der Waals surface area contributed by atoms with Gasteiger partial charge in [0.15, 0.2) is 0 Å². The number of hydrogen-bond acceptors (Lipinski definition) is 4. The van der Waals surface area contributed by atoms with E-state index in [2.05, 4.69) is 43.5 Å². The molecule has 28 heavy (non-hydrogen) atoms. The van der Waals surface area contributed by atoms with Gasteiger partial charge < -0.3 is 5.73 Å².